The predicted octanol–water partition coefficient (Wildman–Crippen LogP) is 3.34. The zero-order valence-electron chi connectivity index (χ0n) is 9.82. The second-order valence-corrected chi connectivity index (χ2v) is 4.66. The van der Waals surface area contributed by atoms with E-state index in [1.165, 1.54) is 6.07 Å². The molecule has 0 radical (unpaired) electrons. The summed E-state index contributed by atoms with van der Waals surface area (Å²) >= 11 is 1.01. The van der Waals surface area contributed by atoms with E-state index in [0.717, 1.165) is 17.1 Å². The maximum absolute atomic E-state index is 13.6. The number of hydrogen-bond acceptors (Lipinski definition) is 4. The number of aryl methyl sites for hydroxylation is 2. The van der Waals surface area contributed by atoms with E-state index in [0.29, 0.717) is 10.7 Å². The molecule has 0 saturated heterocycles. The summed E-state index contributed by atoms with van der Waals surface area (Å²) in [4.78, 5) is 11.1. The van der Waals surface area contributed by atoms with Gasteiger partial charge in [0, 0.05) is 0 Å². The number of benzene rings is 1. The molecule has 0 aliphatic carbocycles. The van der Waals surface area contributed by atoms with E-state index >= 15 is 0 Å². The number of carboxylic acids is 1. The van der Waals surface area contributed by atoms with Crippen LogP contribution in [0.25, 0.3) is 0 Å². The van der Waals surface area contributed by atoms with Crippen molar-refractivity contribution in [3.63, 3.8) is 0 Å². The Labute approximate surface area is 107 Å². The van der Waals surface area contributed by atoms with Gasteiger partial charge in [-0.3, -0.25) is 0 Å². The molecule has 0 atom stereocenters. The van der Waals surface area contributed by atoms with Crippen LogP contribution in [0.5, 0.6) is 0 Å². The van der Waals surface area contributed by atoms with Crippen molar-refractivity contribution in [3.05, 3.63) is 40.8 Å². The van der Waals surface area contributed by atoms with Crippen LogP contribution in [0.15, 0.2) is 18.2 Å². The van der Waals surface area contributed by atoms with Crippen molar-refractivity contribution in [2.75, 3.05) is 5.32 Å². The number of hydrogen-bond donors (Lipinski definition) is 2. The minimum absolute atomic E-state index is 0.0842. The minimum Gasteiger partial charge on any atom is -0.478 e. The lowest BCUT2D eigenvalue weighted by molar-refractivity contribution is 0.0697. The lowest BCUT2D eigenvalue weighted by Crippen LogP contribution is -2.02. The third kappa shape index (κ3) is 2.33. The highest BCUT2D eigenvalue weighted by molar-refractivity contribution is 7.10. The van der Waals surface area contributed by atoms with Crippen LogP contribution >= 0.6 is 11.5 Å². The number of carbonyl (C=O) groups is 1. The Kier molecular flexibility index (Phi) is 3.29. The van der Waals surface area contributed by atoms with Crippen LogP contribution in [-0.4, -0.2) is 15.4 Å². The molecular formula is C12H11FN2O2S. The largest absolute Gasteiger partial charge is 0.478 e. The van der Waals surface area contributed by atoms with Crippen LogP contribution in [0, 0.1) is 19.7 Å². The lowest BCUT2D eigenvalue weighted by atomic mass is 10.2. The fraction of sp³-hybridized carbons (Fsp3) is 0.167. The van der Waals surface area contributed by atoms with E-state index in [4.69, 9.17) is 5.11 Å². The average molecular weight is 266 g/mol. The molecule has 2 aromatic rings. The maximum atomic E-state index is 13.6. The Morgan fingerprint density at radius 3 is 2.83 bits per heavy atom. The fourth-order valence-corrected chi connectivity index (χ4v) is 2.37. The van der Waals surface area contributed by atoms with Crippen molar-refractivity contribution in [1.29, 1.82) is 0 Å². The summed E-state index contributed by atoms with van der Waals surface area (Å²) in [5.74, 6) is -1.50. The van der Waals surface area contributed by atoms with E-state index < -0.39 is 11.8 Å². The molecule has 0 bridgehead atoms. The van der Waals surface area contributed by atoms with Crippen molar-refractivity contribution in [3.8, 4) is 0 Å². The molecule has 0 unspecified atom stereocenters. The monoisotopic (exact) mass is 266 g/mol. The zero-order chi connectivity index (χ0) is 13.3. The molecular weight excluding hydrogens is 255 g/mol. The summed E-state index contributed by atoms with van der Waals surface area (Å²) in [6.45, 7) is 3.44. The van der Waals surface area contributed by atoms with Crippen molar-refractivity contribution in [1.82, 2.24) is 4.37 Å². The van der Waals surface area contributed by atoms with Gasteiger partial charge in [0.1, 0.15) is 16.4 Å². The van der Waals surface area contributed by atoms with Crippen LogP contribution in [0.1, 0.15) is 21.6 Å². The second kappa shape index (κ2) is 4.73. The first-order valence-corrected chi connectivity index (χ1v) is 5.99. The predicted molar refractivity (Wildman–Crippen MR) is 68.2 cm³/mol. The molecule has 0 amide bonds. The molecule has 0 saturated carbocycles. The Morgan fingerprint density at radius 1 is 1.44 bits per heavy atom. The molecule has 0 aliphatic rings. The molecule has 1 heterocycles. The fourth-order valence-electron chi connectivity index (χ4n) is 1.56. The van der Waals surface area contributed by atoms with E-state index in [1.54, 1.807) is 19.1 Å². The summed E-state index contributed by atoms with van der Waals surface area (Å²) in [7, 11) is 0. The first kappa shape index (κ1) is 12.5. The molecule has 94 valence electrons. The van der Waals surface area contributed by atoms with Gasteiger partial charge in [0.25, 0.3) is 0 Å². The Balaban J connectivity index is 2.40. The van der Waals surface area contributed by atoms with E-state index in [2.05, 4.69) is 9.69 Å². The third-order valence-corrected chi connectivity index (χ3v) is 3.30. The van der Waals surface area contributed by atoms with E-state index in [9.17, 15) is 9.18 Å². The molecule has 0 aliphatic heterocycles. The highest BCUT2D eigenvalue weighted by Crippen LogP contribution is 2.29. The van der Waals surface area contributed by atoms with Gasteiger partial charge in [0.15, 0.2) is 0 Å². The smallest absolute Gasteiger partial charge is 0.340 e. The number of nitrogens with zero attached hydrogens (tertiary/aromatic N) is 1. The second-order valence-electron chi connectivity index (χ2n) is 3.89. The Morgan fingerprint density at radius 2 is 2.17 bits per heavy atom. The van der Waals surface area contributed by atoms with Gasteiger partial charge in [-0.15, -0.1) is 0 Å². The number of aromatic carboxylic acids is 1. The maximum Gasteiger partial charge on any atom is 0.340 e. The molecule has 18 heavy (non-hydrogen) atoms. The third-order valence-electron chi connectivity index (χ3n) is 2.45. The lowest BCUT2D eigenvalue weighted by Gasteiger charge is -2.07. The van der Waals surface area contributed by atoms with Gasteiger partial charge < -0.3 is 10.4 Å². The van der Waals surface area contributed by atoms with Gasteiger partial charge in [-0.25, -0.2) is 9.18 Å². The number of aromatic nitrogens is 1. The minimum atomic E-state index is -1.07. The summed E-state index contributed by atoms with van der Waals surface area (Å²) in [6.07, 6.45) is 0. The number of nitrogens with one attached hydrogen (secondary N) is 1. The van der Waals surface area contributed by atoms with Gasteiger partial charge in [0.2, 0.25) is 0 Å². The average Bonchev–Trinajstić information content (AvgIpc) is 2.65. The van der Waals surface area contributed by atoms with Crippen molar-refractivity contribution in [2.24, 2.45) is 0 Å². The molecule has 1 aromatic carbocycles. The van der Waals surface area contributed by atoms with Gasteiger partial charge in [-0.1, -0.05) is 6.07 Å². The topological polar surface area (TPSA) is 62.2 Å². The summed E-state index contributed by atoms with van der Waals surface area (Å²) < 4.78 is 17.5. The number of carboxylic acid groups (broad SMARTS) is 1. The summed E-state index contributed by atoms with van der Waals surface area (Å²) in [6, 6.07) is 4.61. The van der Waals surface area contributed by atoms with Gasteiger partial charge in [-0.2, -0.15) is 4.37 Å². The van der Waals surface area contributed by atoms with Gasteiger partial charge in [0.05, 0.1) is 11.4 Å². The molecule has 2 rings (SSSR count). The van der Waals surface area contributed by atoms with Crippen LogP contribution < -0.4 is 5.32 Å². The molecule has 0 fully saturated rings. The molecule has 1 aromatic heterocycles. The zero-order valence-corrected chi connectivity index (χ0v) is 10.6. The van der Waals surface area contributed by atoms with Crippen LogP contribution in [0.2, 0.25) is 0 Å². The van der Waals surface area contributed by atoms with Crippen LogP contribution in [0.4, 0.5) is 15.1 Å². The molecule has 2 N–H and O–H groups in total. The quantitative estimate of drug-likeness (QED) is 0.894. The van der Waals surface area contributed by atoms with E-state index in [-0.39, 0.29) is 11.3 Å². The summed E-state index contributed by atoms with van der Waals surface area (Å²) in [5.41, 5.74) is 1.64. The number of halogens is 1. The molecule has 0 spiro atoms. The molecule has 4 nitrogen and oxygen atoms in total. The highest BCUT2D eigenvalue weighted by atomic mass is 32.1. The Bertz CT molecular complexity index is 610. The number of anilines is 2. The summed E-state index contributed by atoms with van der Waals surface area (Å²) in [5, 5.41) is 12.2. The van der Waals surface area contributed by atoms with Crippen LogP contribution in [-0.2, 0) is 0 Å². The highest BCUT2D eigenvalue weighted by Gasteiger charge is 2.18. The standard InChI is InChI=1S/C12H11FN2O2S/c1-6-3-4-8(13)9(5-6)14-11-10(12(16)17)7(2)15-18-11/h3-5,14H,1-2H3,(H,16,17). The number of rotatable bonds is 3. The van der Waals surface area contributed by atoms with Crippen LogP contribution in [0.3, 0.4) is 0 Å². The van der Waals surface area contributed by atoms with Crippen molar-refractivity contribution in [2.45, 2.75) is 13.8 Å². The first-order valence-electron chi connectivity index (χ1n) is 5.22. The van der Waals surface area contributed by atoms with Crippen molar-refractivity contribution >= 4 is 28.2 Å². The van der Waals surface area contributed by atoms with Crippen molar-refractivity contribution < 1.29 is 14.3 Å². The normalized spacial score (nSPS) is 10.4. The Hall–Kier alpha value is -1.95. The van der Waals surface area contributed by atoms with Gasteiger partial charge >= 0.3 is 5.97 Å². The first-order chi connectivity index (χ1) is 8.49. The van der Waals surface area contributed by atoms with E-state index in [1.807, 2.05) is 6.92 Å². The SMILES string of the molecule is Cc1ccc(F)c(Nc2snc(C)c2C(=O)O)c1. The molecule has 6 heteroatoms. The van der Waals surface area contributed by atoms with Gasteiger partial charge in [-0.05, 0) is 43.1 Å².